The van der Waals surface area contributed by atoms with E-state index in [0.29, 0.717) is 0 Å². The van der Waals surface area contributed by atoms with Crippen molar-refractivity contribution in [2.24, 2.45) is 0 Å². The highest BCUT2D eigenvalue weighted by Crippen LogP contribution is 2.19. The van der Waals surface area contributed by atoms with Gasteiger partial charge in [-0.15, -0.1) is 11.3 Å². The fourth-order valence-electron chi connectivity index (χ4n) is 2.70. The molecule has 1 aliphatic heterocycles. The molecule has 0 saturated carbocycles. The Kier molecular flexibility index (Phi) is 7.00. The molecule has 3 nitrogen and oxygen atoms in total. The maximum absolute atomic E-state index is 3.48. The average Bonchev–Trinajstić information content (AvgIpc) is 2.89. The van der Waals surface area contributed by atoms with E-state index in [9.17, 15) is 0 Å². The third kappa shape index (κ3) is 5.17. The second-order valence-electron chi connectivity index (χ2n) is 5.66. The number of nitrogens with one attached hydrogen (secondary N) is 1. The van der Waals surface area contributed by atoms with Crippen molar-refractivity contribution in [2.45, 2.75) is 39.8 Å². The van der Waals surface area contributed by atoms with Crippen LogP contribution in [0.4, 0.5) is 0 Å². The van der Waals surface area contributed by atoms with Gasteiger partial charge >= 0.3 is 0 Å². The molecule has 20 heavy (non-hydrogen) atoms. The van der Waals surface area contributed by atoms with Gasteiger partial charge in [-0.25, -0.2) is 0 Å². The minimum atomic E-state index is 1.03. The Morgan fingerprint density at radius 2 is 1.70 bits per heavy atom. The lowest BCUT2D eigenvalue weighted by molar-refractivity contribution is 0.128. The van der Waals surface area contributed by atoms with E-state index in [1.165, 1.54) is 55.3 Å². The molecule has 0 radical (unpaired) electrons. The lowest BCUT2D eigenvalue weighted by Crippen LogP contribution is -2.45. The van der Waals surface area contributed by atoms with Crippen molar-refractivity contribution in [3.05, 3.63) is 21.9 Å². The molecule has 2 rings (SSSR count). The first kappa shape index (κ1) is 16.0. The first-order chi connectivity index (χ1) is 9.81. The van der Waals surface area contributed by atoms with Gasteiger partial charge in [0.2, 0.25) is 0 Å². The van der Waals surface area contributed by atoms with Crippen LogP contribution in [-0.2, 0) is 13.1 Å². The van der Waals surface area contributed by atoms with Crippen LogP contribution in [0.2, 0.25) is 0 Å². The molecule has 0 spiro atoms. The Labute approximate surface area is 128 Å². The maximum Gasteiger partial charge on any atom is 0.0329 e. The largest absolute Gasteiger partial charge is 0.312 e. The molecule has 1 N–H and O–H groups in total. The number of hydrogen-bond acceptors (Lipinski definition) is 4. The Morgan fingerprint density at radius 1 is 1.00 bits per heavy atom. The first-order valence-corrected chi connectivity index (χ1v) is 8.86. The lowest BCUT2D eigenvalue weighted by atomic mass is 10.3. The number of piperazine rings is 1. The molecule has 0 unspecified atom stereocenters. The smallest absolute Gasteiger partial charge is 0.0329 e. The zero-order chi connectivity index (χ0) is 14.2. The summed E-state index contributed by atoms with van der Waals surface area (Å²) >= 11 is 1.97. The summed E-state index contributed by atoms with van der Waals surface area (Å²) in [6, 6.07) is 4.60. The Morgan fingerprint density at radius 3 is 2.40 bits per heavy atom. The summed E-state index contributed by atoms with van der Waals surface area (Å²) in [5.41, 5.74) is 0. The molecule has 0 atom stereocenters. The highest BCUT2D eigenvalue weighted by atomic mass is 32.1. The lowest BCUT2D eigenvalue weighted by Gasteiger charge is -2.34. The van der Waals surface area contributed by atoms with Gasteiger partial charge < -0.3 is 10.2 Å². The van der Waals surface area contributed by atoms with Crippen LogP contribution in [0.5, 0.6) is 0 Å². The monoisotopic (exact) mass is 295 g/mol. The molecule has 2 heterocycles. The van der Waals surface area contributed by atoms with Crippen LogP contribution in [0.3, 0.4) is 0 Å². The van der Waals surface area contributed by atoms with E-state index in [-0.39, 0.29) is 0 Å². The van der Waals surface area contributed by atoms with Gasteiger partial charge in [0.05, 0.1) is 0 Å². The van der Waals surface area contributed by atoms with Crippen LogP contribution in [0.1, 0.15) is 36.4 Å². The minimum Gasteiger partial charge on any atom is -0.312 e. The fraction of sp³-hybridized carbons (Fsp3) is 0.750. The molecule has 0 aliphatic carbocycles. The summed E-state index contributed by atoms with van der Waals surface area (Å²) in [5.74, 6) is 0. The van der Waals surface area contributed by atoms with Crippen molar-refractivity contribution in [3.63, 3.8) is 0 Å². The van der Waals surface area contributed by atoms with E-state index < -0.39 is 0 Å². The quantitative estimate of drug-likeness (QED) is 0.744. The summed E-state index contributed by atoms with van der Waals surface area (Å²) in [6.07, 6.45) is 2.49. The third-order valence-corrected chi connectivity index (χ3v) is 4.90. The van der Waals surface area contributed by atoms with Crippen LogP contribution in [0, 0.1) is 0 Å². The first-order valence-electron chi connectivity index (χ1n) is 8.04. The number of thiophene rings is 1. The summed E-state index contributed by atoms with van der Waals surface area (Å²) in [5, 5.41) is 3.48. The molecule has 1 saturated heterocycles. The van der Waals surface area contributed by atoms with Gasteiger partial charge in [0, 0.05) is 49.0 Å². The van der Waals surface area contributed by atoms with Crippen LogP contribution in [-0.4, -0.2) is 49.1 Å². The molecule has 1 fully saturated rings. The highest BCUT2D eigenvalue weighted by Gasteiger charge is 2.16. The normalized spacial score (nSPS) is 17.7. The van der Waals surface area contributed by atoms with Crippen LogP contribution >= 0.6 is 11.3 Å². The molecule has 4 heteroatoms. The number of rotatable bonds is 8. The van der Waals surface area contributed by atoms with Gasteiger partial charge in [0.15, 0.2) is 0 Å². The summed E-state index contributed by atoms with van der Waals surface area (Å²) in [4.78, 5) is 8.17. The fourth-order valence-corrected chi connectivity index (χ4v) is 3.73. The second-order valence-corrected chi connectivity index (χ2v) is 6.92. The van der Waals surface area contributed by atoms with Gasteiger partial charge in [0.25, 0.3) is 0 Å². The van der Waals surface area contributed by atoms with E-state index in [2.05, 4.69) is 41.1 Å². The molecule has 114 valence electrons. The van der Waals surface area contributed by atoms with E-state index in [1.54, 1.807) is 0 Å². The molecule has 0 amide bonds. The van der Waals surface area contributed by atoms with Crippen molar-refractivity contribution in [1.82, 2.24) is 15.1 Å². The Bertz CT molecular complexity index is 370. The molecule has 1 aromatic rings. The van der Waals surface area contributed by atoms with E-state index in [0.717, 1.165) is 19.6 Å². The minimum absolute atomic E-state index is 1.03. The second kappa shape index (κ2) is 8.78. The van der Waals surface area contributed by atoms with Crippen LogP contribution < -0.4 is 5.32 Å². The number of hydrogen-bond donors (Lipinski definition) is 1. The number of nitrogens with zero attached hydrogens (tertiary/aromatic N) is 2. The molecular formula is C16H29N3S. The maximum atomic E-state index is 3.48. The Balaban J connectivity index is 1.71. The predicted octanol–water partition coefficient (Wildman–Crippen LogP) is 2.78. The van der Waals surface area contributed by atoms with Crippen LogP contribution in [0.15, 0.2) is 12.1 Å². The Hall–Kier alpha value is -0.420. The van der Waals surface area contributed by atoms with Crippen molar-refractivity contribution in [2.75, 3.05) is 39.3 Å². The van der Waals surface area contributed by atoms with Gasteiger partial charge in [-0.2, -0.15) is 0 Å². The molecule has 1 aliphatic rings. The van der Waals surface area contributed by atoms with Crippen molar-refractivity contribution in [3.8, 4) is 0 Å². The van der Waals surface area contributed by atoms with Crippen molar-refractivity contribution >= 4 is 11.3 Å². The summed E-state index contributed by atoms with van der Waals surface area (Å²) in [6.45, 7) is 14.0. The molecule has 0 bridgehead atoms. The van der Waals surface area contributed by atoms with Gasteiger partial charge in [-0.1, -0.05) is 13.8 Å². The van der Waals surface area contributed by atoms with E-state index in [4.69, 9.17) is 0 Å². The molecule has 0 aromatic carbocycles. The molecule has 1 aromatic heterocycles. The van der Waals surface area contributed by atoms with Crippen molar-refractivity contribution < 1.29 is 0 Å². The van der Waals surface area contributed by atoms with E-state index in [1.807, 2.05) is 11.3 Å². The predicted molar refractivity (Wildman–Crippen MR) is 88.3 cm³/mol. The van der Waals surface area contributed by atoms with Crippen LogP contribution in [0.25, 0.3) is 0 Å². The molecular weight excluding hydrogens is 266 g/mol. The van der Waals surface area contributed by atoms with Crippen molar-refractivity contribution in [1.29, 1.82) is 0 Å². The topological polar surface area (TPSA) is 18.5 Å². The highest BCUT2D eigenvalue weighted by molar-refractivity contribution is 7.11. The zero-order valence-corrected chi connectivity index (χ0v) is 13.8. The standard InChI is InChI=1S/C16H29N3S/c1-3-7-17-13-15-5-6-16(20-15)14-19-11-9-18(8-4-2)10-12-19/h5-6,17H,3-4,7-14H2,1-2H3. The SMILES string of the molecule is CCCNCc1ccc(CN2CCN(CCC)CC2)s1. The zero-order valence-electron chi connectivity index (χ0n) is 13.0. The van der Waals surface area contributed by atoms with Gasteiger partial charge in [-0.3, -0.25) is 4.90 Å². The summed E-state index contributed by atoms with van der Waals surface area (Å²) < 4.78 is 0. The van der Waals surface area contributed by atoms with Gasteiger partial charge in [0.1, 0.15) is 0 Å². The summed E-state index contributed by atoms with van der Waals surface area (Å²) in [7, 11) is 0. The van der Waals surface area contributed by atoms with Gasteiger partial charge in [-0.05, 0) is 38.1 Å². The third-order valence-electron chi connectivity index (χ3n) is 3.83. The average molecular weight is 295 g/mol. The van der Waals surface area contributed by atoms with E-state index >= 15 is 0 Å².